The van der Waals surface area contributed by atoms with E-state index in [0.717, 1.165) is 42.8 Å². The summed E-state index contributed by atoms with van der Waals surface area (Å²) in [7, 11) is 4.52. The van der Waals surface area contributed by atoms with Gasteiger partial charge in [0, 0.05) is 5.56 Å². The van der Waals surface area contributed by atoms with Crippen molar-refractivity contribution in [2.24, 2.45) is 11.8 Å². The largest absolute Gasteiger partial charge is 1.00 e. The Labute approximate surface area is 203 Å². The molecular weight excluding hydrogens is 418 g/mol. The number of likely N-dealkylation sites (N-methyl/N-ethyl adjacent to an activating group) is 1. The van der Waals surface area contributed by atoms with Crippen LogP contribution < -0.4 is 17.1 Å². The topological polar surface area (TPSA) is 18.5 Å². The van der Waals surface area contributed by atoms with Gasteiger partial charge >= 0.3 is 0 Å². The van der Waals surface area contributed by atoms with E-state index in [0.29, 0.717) is 25.0 Å². The van der Waals surface area contributed by atoms with Crippen LogP contribution in [0.2, 0.25) is 0 Å². The van der Waals surface area contributed by atoms with Crippen LogP contribution >= 0.6 is 0 Å². The highest BCUT2D eigenvalue weighted by Gasteiger charge is 2.16. The minimum absolute atomic E-state index is 0. The van der Waals surface area contributed by atoms with Crippen LogP contribution in [0.3, 0.4) is 0 Å². The third-order valence-corrected chi connectivity index (χ3v) is 5.41. The Balaban J connectivity index is 0.00000512. The molecule has 0 aliphatic heterocycles. The van der Waals surface area contributed by atoms with E-state index in [1.807, 2.05) is 0 Å². The normalized spacial score (nSPS) is 11.7. The highest BCUT2D eigenvalue weighted by Crippen LogP contribution is 2.30. The average Bonchev–Trinajstić information content (AvgIpc) is 2.65. The fourth-order valence-corrected chi connectivity index (χ4v) is 4.07. The number of nitrogens with zero attached hydrogens (tertiary/aromatic N) is 1. The first-order valence-electron chi connectivity index (χ1n) is 11.8. The van der Waals surface area contributed by atoms with Gasteiger partial charge in [0.2, 0.25) is 0 Å². The lowest BCUT2D eigenvalue weighted by Gasteiger charge is -2.29. The van der Waals surface area contributed by atoms with E-state index in [-0.39, 0.29) is 12.4 Å². The minimum atomic E-state index is 0. The molecule has 0 heterocycles. The summed E-state index contributed by atoms with van der Waals surface area (Å²) >= 11 is 0. The molecule has 0 aliphatic rings. The molecule has 0 fully saturated rings. The molecule has 0 spiro atoms. The Kier molecular flexibility index (Phi) is 12.3. The molecular formula is C28H44ClNO2. The molecule has 0 bridgehead atoms. The number of benzene rings is 2. The number of quaternary nitrogens is 1. The van der Waals surface area contributed by atoms with E-state index in [4.69, 9.17) is 9.47 Å². The van der Waals surface area contributed by atoms with Gasteiger partial charge in [-0.1, -0.05) is 75.7 Å². The van der Waals surface area contributed by atoms with Crippen molar-refractivity contribution in [3.8, 4) is 5.75 Å². The highest BCUT2D eigenvalue weighted by atomic mass is 35.5. The molecule has 2 rings (SSSR count). The van der Waals surface area contributed by atoms with Crippen LogP contribution in [0, 0.1) is 18.8 Å². The van der Waals surface area contributed by atoms with Crippen LogP contribution in [0.4, 0.5) is 0 Å². The van der Waals surface area contributed by atoms with E-state index in [9.17, 15) is 0 Å². The zero-order chi connectivity index (χ0) is 22.9. The third-order valence-electron chi connectivity index (χ3n) is 5.41. The quantitative estimate of drug-likeness (QED) is 0.337. The molecule has 32 heavy (non-hydrogen) atoms. The Hall–Kier alpha value is -1.55. The Bertz CT molecular complexity index is 756. The lowest BCUT2D eigenvalue weighted by atomic mass is 9.93. The summed E-state index contributed by atoms with van der Waals surface area (Å²) < 4.78 is 13.2. The van der Waals surface area contributed by atoms with Crippen molar-refractivity contribution >= 4 is 0 Å². The monoisotopic (exact) mass is 461 g/mol. The molecule has 3 nitrogen and oxygen atoms in total. The van der Waals surface area contributed by atoms with E-state index >= 15 is 0 Å². The van der Waals surface area contributed by atoms with Gasteiger partial charge in [-0.25, -0.2) is 0 Å². The van der Waals surface area contributed by atoms with Gasteiger partial charge in [-0.15, -0.1) is 0 Å². The number of hydrogen-bond acceptors (Lipinski definition) is 2. The maximum atomic E-state index is 6.32. The van der Waals surface area contributed by atoms with Crippen molar-refractivity contribution in [2.75, 3.05) is 40.5 Å². The summed E-state index contributed by atoms with van der Waals surface area (Å²) in [5, 5.41) is 0. The van der Waals surface area contributed by atoms with Crippen LogP contribution in [0.1, 0.15) is 49.9 Å². The van der Waals surface area contributed by atoms with Gasteiger partial charge in [0.1, 0.15) is 25.4 Å². The van der Waals surface area contributed by atoms with Gasteiger partial charge < -0.3 is 26.4 Å². The maximum absolute atomic E-state index is 6.32. The molecule has 0 aromatic heterocycles. The molecule has 0 amide bonds. The van der Waals surface area contributed by atoms with Gasteiger partial charge in [0.05, 0.1) is 27.3 Å². The third kappa shape index (κ3) is 10.4. The molecule has 180 valence electrons. The first-order chi connectivity index (χ1) is 14.7. The second kappa shape index (κ2) is 13.9. The zero-order valence-corrected chi connectivity index (χ0v) is 22.0. The van der Waals surface area contributed by atoms with Crippen molar-refractivity contribution in [1.82, 2.24) is 0 Å². The standard InChI is InChI=1S/C28H44NO2.ClH/c1-22(2)17-26-19-24(5)20-27(18-23(3)4)28(26)31-16-15-30-14-13-29(6,7)21-25-11-9-8-10-12-25;/h8-12,19-20,22-23H,13-18,21H2,1-7H3;1H/q+1;/p-1. The number of halogens is 1. The van der Waals surface area contributed by atoms with E-state index in [2.05, 4.69) is 91.2 Å². The molecule has 2 aromatic rings. The predicted octanol–water partition coefficient (Wildman–Crippen LogP) is 3.07. The molecule has 0 N–H and O–H groups in total. The summed E-state index contributed by atoms with van der Waals surface area (Å²) in [4.78, 5) is 0. The zero-order valence-electron chi connectivity index (χ0n) is 21.3. The van der Waals surface area contributed by atoms with Crippen LogP contribution in [-0.4, -0.2) is 44.9 Å². The van der Waals surface area contributed by atoms with Crippen molar-refractivity contribution in [1.29, 1.82) is 0 Å². The van der Waals surface area contributed by atoms with Crippen LogP contribution in [0.15, 0.2) is 42.5 Å². The first-order valence-corrected chi connectivity index (χ1v) is 11.8. The van der Waals surface area contributed by atoms with Gasteiger partial charge in [0.25, 0.3) is 0 Å². The van der Waals surface area contributed by atoms with Crippen LogP contribution in [0.25, 0.3) is 0 Å². The van der Waals surface area contributed by atoms with Crippen molar-refractivity contribution in [3.63, 3.8) is 0 Å². The van der Waals surface area contributed by atoms with E-state index in [1.165, 1.54) is 22.3 Å². The minimum Gasteiger partial charge on any atom is -1.00 e. The number of aryl methyl sites for hydroxylation is 1. The molecule has 0 atom stereocenters. The lowest BCUT2D eigenvalue weighted by molar-refractivity contribution is -0.904. The second-order valence-corrected chi connectivity index (χ2v) is 10.4. The van der Waals surface area contributed by atoms with Gasteiger partial charge in [-0.3, -0.25) is 0 Å². The summed E-state index contributed by atoms with van der Waals surface area (Å²) in [5.74, 6) is 2.31. The molecule has 0 saturated carbocycles. The average molecular weight is 462 g/mol. The van der Waals surface area contributed by atoms with Gasteiger partial charge in [-0.2, -0.15) is 0 Å². The first kappa shape index (κ1) is 28.5. The van der Waals surface area contributed by atoms with E-state index in [1.54, 1.807) is 0 Å². The smallest absolute Gasteiger partial charge is 0.125 e. The molecule has 0 radical (unpaired) electrons. The predicted molar refractivity (Wildman–Crippen MR) is 132 cm³/mol. The number of rotatable bonds is 13. The Morgan fingerprint density at radius 3 is 1.91 bits per heavy atom. The second-order valence-electron chi connectivity index (χ2n) is 10.4. The Morgan fingerprint density at radius 2 is 1.38 bits per heavy atom. The molecule has 0 unspecified atom stereocenters. The summed E-state index contributed by atoms with van der Waals surface area (Å²) in [6.07, 6.45) is 2.10. The van der Waals surface area contributed by atoms with Crippen molar-refractivity contribution in [3.05, 3.63) is 64.7 Å². The van der Waals surface area contributed by atoms with Crippen molar-refractivity contribution in [2.45, 2.75) is 54.0 Å². The number of hydrogen-bond donors (Lipinski definition) is 0. The fraction of sp³-hybridized carbons (Fsp3) is 0.571. The number of ether oxygens (including phenoxy) is 2. The molecule has 4 heteroatoms. The summed E-state index contributed by atoms with van der Waals surface area (Å²) in [5.41, 5.74) is 5.37. The van der Waals surface area contributed by atoms with Crippen LogP contribution in [0.5, 0.6) is 5.75 Å². The SMILES string of the molecule is Cc1cc(CC(C)C)c(OCCOCC[N+](C)(C)Cc2ccccc2)c(CC(C)C)c1.[Cl-]. The summed E-state index contributed by atoms with van der Waals surface area (Å²) in [6.45, 7) is 15.2. The highest BCUT2D eigenvalue weighted by molar-refractivity contribution is 5.45. The van der Waals surface area contributed by atoms with Gasteiger partial charge in [-0.05, 0) is 42.7 Å². The Morgan fingerprint density at radius 1 is 0.812 bits per heavy atom. The molecule has 2 aromatic carbocycles. The lowest BCUT2D eigenvalue weighted by Crippen LogP contribution is -3.00. The van der Waals surface area contributed by atoms with Gasteiger partial charge in [0.15, 0.2) is 0 Å². The molecule has 0 saturated heterocycles. The van der Waals surface area contributed by atoms with Crippen LogP contribution in [-0.2, 0) is 24.1 Å². The maximum Gasteiger partial charge on any atom is 0.125 e. The molecule has 0 aliphatic carbocycles. The van der Waals surface area contributed by atoms with Crippen molar-refractivity contribution < 1.29 is 26.4 Å². The summed E-state index contributed by atoms with van der Waals surface area (Å²) in [6, 6.07) is 15.3. The van der Waals surface area contributed by atoms with E-state index < -0.39 is 0 Å². The fourth-order valence-electron chi connectivity index (χ4n) is 4.07.